The van der Waals surface area contributed by atoms with E-state index >= 15 is 0 Å². The van der Waals surface area contributed by atoms with Crippen LogP contribution in [0.2, 0.25) is 0 Å². The number of fused-ring (bicyclic) bond motifs is 1. The number of nitrogens with zero attached hydrogens (tertiary/aromatic N) is 1. The topological polar surface area (TPSA) is 12.4 Å². The van der Waals surface area contributed by atoms with Gasteiger partial charge in [0.1, 0.15) is 0 Å². The van der Waals surface area contributed by atoms with Crippen molar-refractivity contribution in [3.8, 4) is 0 Å². The summed E-state index contributed by atoms with van der Waals surface area (Å²) in [5, 5.41) is 2.09. The van der Waals surface area contributed by atoms with E-state index in [4.69, 9.17) is 0 Å². The molecule has 2 heterocycles. The maximum Gasteiger partial charge on any atom is 0.0708 e. The van der Waals surface area contributed by atoms with Crippen molar-refractivity contribution in [1.29, 1.82) is 0 Å². The number of thiophene rings is 1. The predicted octanol–water partition coefficient (Wildman–Crippen LogP) is 4.00. The Morgan fingerprint density at radius 2 is 2.00 bits per heavy atom. The van der Waals surface area contributed by atoms with Crippen LogP contribution in [0.3, 0.4) is 0 Å². The highest BCUT2D eigenvalue weighted by Gasteiger charge is 2.10. The van der Waals surface area contributed by atoms with Gasteiger partial charge in [-0.25, -0.2) is 0 Å². The van der Waals surface area contributed by atoms with Crippen molar-refractivity contribution < 1.29 is 0 Å². The molecule has 0 unspecified atom stereocenters. The summed E-state index contributed by atoms with van der Waals surface area (Å²) in [4.78, 5) is 5.64. The van der Waals surface area contributed by atoms with E-state index in [9.17, 15) is 0 Å². The quantitative estimate of drug-likeness (QED) is 0.676. The molecule has 0 saturated heterocycles. The van der Waals surface area contributed by atoms with Crippen LogP contribution < -0.4 is 0 Å². The van der Waals surface area contributed by atoms with Crippen LogP contribution in [0.5, 0.6) is 0 Å². The van der Waals surface area contributed by atoms with Gasteiger partial charge in [0.05, 0.1) is 5.69 Å². The van der Waals surface area contributed by atoms with Gasteiger partial charge in [-0.1, -0.05) is 24.3 Å². The fourth-order valence-corrected chi connectivity index (χ4v) is 2.35. The van der Waals surface area contributed by atoms with E-state index in [1.54, 1.807) is 11.3 Å². The standard InChI is InChI=1S/C13H9NS/c1-2-6-13-12(5-1)10(9-14-13)8-11-4-3-7-15-11/h1-9H/b10-8-. The minimum atomic E-state index is 1.07. The Morgan fingerprint density at radius 1 is 1.07 bits per heavy atom. The van der Waals surface area contributed by atoms with Gasteiger partial charge in [0.15, 0.2) is 0 Å². The molecule has 0 N–H and O–H groups in total. The van der Waals surface area contributed by atoms with E-state index in [2.05, 4.69) is 40.7 Å². The number of benzene rings is 1. The molecule has 1 nitrogen and oxygen atoms in total. The van der Waals surface area contributed by atoms with Crippen LogP contribution in [0.15, 0.2) is 46.8 Å². The molecule has 72 valence electrons. The second-order valence-electron chi connectivity index (χ2n) is 3.39. The van der Waals surface area contributed by atoms with Gasteiger partial charge in [-0.2, -0.15) is 0 Å². The third kappa shape index (κ3) is 1.53. The lowest BCUT2D eigenvalue weighted by Gasteiger charge is -1.97. The van der Waals surface area contributed by atoms with Crippen LogP contribution in [-0.4, -0.2) is 6.21 Å². The molecule has 0 spiro atoms. The van der Waals surface area contributed by atoms with Gasteiger partial charge in [0.25, 0.3) is 0 Å². The number of allylic oxidation sites excluding steroid dienone is 1. The summed E-state index contributed by atoms with van der Waals surface area (Å²) in [6.07, 6.45) is 4.12. The molecule has 15 heavy (non-hydrogen) atoms. The zero-order valence-electron chi connectivity index (χ0n) is 8.05. The maximum atomic E-state index is 4.37. The van der Waals surface area contributed by atoms with Gasteiger partial charge in [0, 0.05) is 22.2 Å². The van der Waals surface area contributed by atoms with Gasteiger partial charge < -0.3 is 0 Å². The highest BCUT2D eigenvalue weighted by Crippen LogP contribution is 2.32. The minimum Gasteiger partial charge on any atom is -0.256 e. The van der Waals surface area contributed by atoms with Crippen LogP contribution in [0.4, 0.5) is 5.69 Å². The summed E-state index contributed by atoms with van der Waals surface area (Å²) < 4.78 is 0. The third-order valence-electron chi connectivity index (χ3n) is 2.40. The summed E-state index contributed by atoms with van der Waals surface area (Å²) in [5.41, 5.74) is 3.50. The first-order chi connectivity index (χ1) is 7.43. The number of aliphatic imine (C=N–C) groups is 1. The van der Waals surface area contributed by atoms with E-state index in [0.29, 0.717) is 0 Å². The second kappa shape index (κ2) is 3.48. The lowest BCUT2D eigenvalue weighted by molar-refractivity contribution is 1.55. The van der Waals surface area contributed by atoms with Crippen LogP contribution in [-0.2, 0) is 0 Å². The lowest BCUT2D eigenvalue weighted by atomic mass is 10.1. The first-order valence-electron chi connectivity index (χ1n) is 4.82. The SMILES string of the molecule is C1=Nc2ccccc2/C1=C\c1cccs1. The Kier molecular flexibility index (Phi) is 2.00. The largest absolute Gasteiger partial charge is 0.256 e. The number of rotatable bonds is 1. The van der Waals surface area contributed by atoms with Crippen molar-refractivity contribution >= 4 is 34.9 Å². The van der Waals surface area contributed by atoms with Crippen molar-refractivity contribution in [3.63, 3.8) is 0 Å². The molecule has 1 aromatic carbocycles. The lowest BCUT2D eigenvalue weighted by Crippen LogP contribution is -1.77. The number of para-hydroxylation sites is 1. The first kappa shape index (κ1) is 8.62. The number of hydrogen-bond donors (Lipinski definition) is 0. The molecular weight excluding hydrogens is 202 g/mol. The van der Waals surface area contributed by atoms with Crippen LogP contribution in [0, 0.1) is 0 Å². The van der Waals surface area contributed by atoms with Crippen LogP contribution in [0.25, 0.3) is 11.6 Å². The molecule has 0 atom stereocenters. The molecule has 1 aliphatic rings. The molecule has 1 aromatic heterocycles. The first-order valence-corrected chi connectivity index (χ1v) is 5.70. The average molecular weight is 211 g/mol. The van der Waals surface area contributed by atoms with Gasteiger partial charge in [-0.15, -0.1) is 11.3 Å². The second-order valence-corrected chi connectivity index (χ2v) is 4.37. The van der Waals surface area contributed by atoms with Crippen LogP contribution >= 0.6 is 11.3 Å². The highest BCUT2D eigenvalue weighted by atomic mass is 32.1. The molecule has 0 fully saturated rings. The molecule has 0 aliphatic carbocycles. The van der Waals surface area contributed by atoms with E-state index in [1.807, 2.05) is 18.3 Å². The molecule has 0 saturated carbocycles. The van der Waals surface area contributed by atoms with Crippen molar-refractivity contribution in [2.75, 3.05) is 0 Å². The van der Waals surface area contributed by atoms with Crippen molar-refractivity contribution in [2.24, 2.45) is 4.99 Å². The van der Waals surface area contributed by atoms with Gasteiger partial charge in [0.2, 0.25) is 0 Å². The minimum absolute atomic E-state index is 1.07. The van der Waals surface area contributed by atoms with Gasteiger partial charge >= 0.3 is 0 Å². The van der Waals surface area contributed by atoms with Crippen molar-refractivity contribution in [3.05, 3.63) is 52.2 Å². The van der Waals surface area contributed by atoms with Gasteiger partial charge in [-0.3, -0.25) is 4.99 Å². The fourth-order valence-electron chi connectivity index (χ4n) is 1.68. The number of hydrogen-bond acceptors (Lipinski definition) is 2. The highest BCUT2D eigenvalue weighted by molar-refractivity contribution is 7.10. The fraction of sp³-hybridized carbons (Fsp3) is 0. The Balaban J connectivity index is 2.08. The molecule has 0 radical (unpaired) electrons. The van der Waals surface area contributed by atoms with Crippen LogP contribution in [0.1, 0.15) is 10.4 Å². The summed E-state index contributed by atoms with van der Waals surface area (Å²) >= 11 is 1.75. The van der Waals surface area contributed by atoms with Gasteiger partial charge in [-0.05, 0) is 23.6 Å². The van der Waals surface area contributed by atoms with E-state index in [-0.39, 0.29) is 0 Å². The zero-order valence-corrected chi connectivity index (χ0v) is 8.87. The Morgan fingerprint density at radius 3 is 2.87 bits per heavy atom. The van der Waals surface area contributed by atoms with E-state index in [0.717, 1.165) is 5.69 Å². The summed E-state index contributed by atoms with van der Waals surface area (Å²) in [7, 11) is 0. The summed E-state index contributed by atoms with van der Waals surface area (Å²) in [6.45, 7) is 0. The summed E-state index contributed by atoms with van der Waals surface area (Å²) in [6, 6.07) is 12.4. The Bertz CT molecular complexity index is 535. The molecule has 1 aliphatic heterocycles. The monoisotopic (exact) mass is 211 g/mol. The maximum absolute atomic E-state index is 4.37. The molecule has 0 bridgehead atoms. The van der Waals surface area contributed by atoms with E-state index < -0.39 is 0 Å². The third-order valence-corrected chi connectivity index (χ3v) is 3.22. The van der Waals surface area contributed by atoms with Crippen molar-refractivity contribution in [1.82, 2.24) is 0 Å². The smallest absolute Gasteiger partial charge is 0.0708 e. The van der Waals surface area contributed by atoms with Crippen molar-refractivity contribution in [2.45, 2.75) is 0 Å². The molecule has 2 aromatic rings. The Labute approximate surface area is 92.4 Å². The molecule has 2 heteroatoms. The Hall–Kier alpha value is -1.67. The molecule has 0 amide bonds. The molecular formula is C13H9NS. The van der Waals surface area contributed by atoms with E-state index in [1.165, 1.54) is 16.0 Å². The average Bonchev–Trinajstić information content (AvgIpc) is 2.89. The normalized spacial score (nSPS) is 15.9. The molecule has 3 rings (SSSR count). The zero-order chi connectivity index (χ0) is 10.1. The summed E-state index contributed by atoms with van der Waals surface area (Å²) in [5.74, 6) is 0. The predicted molar refractivity (Wildman–Crippen MR) is 66.8 cm³/mol.